The molecular weight excluding hydrogens is 350 g/mol. The number of aromatic nitrogens is 1. The number of benzene rings is 2. The summed E-state index contributed by atoms with van der Waals surface area (Å²) in [5.74, 6) is 1.41. The molecule has 0 spiro atoms. The molecule has 0 amide bonds. The molecule has 3 nitrogen and oxygen atoms in total. The number of methoxy groups -OCH3 is 1. The molecule has 0 bridgehead atoms. The van der Waals surface area contributed by atoms with E-state index in [1.165, 1.54) is 10.4 Å². The van der Waals surface area contributed by atoms with Crippen molar-refractivity contribution in [2.75, 3.05) is 7.11 Å². The first kappa shape index (κ1) is 19.2. The number of hydrogen-bond acceptors (Lipinski definition) is 3. The molecule has 0 unspecified atom stereocenters. The van der Waals surface area contributed by atoms with E-state index >= 15 is 0 Å². The van der Waals surface area contributed by atoms with Crippen molar-refractivity contribution in [1.82, 2.24) is 4.98 Å². The predicted octanol–water partition coefficient (Wildman–Crippen LogP) is 4.34. The Morgan fingerprint density at radius 3 is 1.70 bits per heavy atom. The van der Waals surface area contributed by atoms with Crippen molar-refractivity contribution in [2.24, 2.45) is 0 Å². The number of pyridine rings is 1. The van der Waals surface area contributed by atoms with E-state index in [2.05, 4.69) is 86.4 Å². The molecule has 0 aliphatic carbocycles. The summed E-state index contributed by atoms with van der Waals surface area (Å²) in [4.78, 5) is 4.52. The fourth-order valence-corrected chi connectivity index (χ4v) is 8.04. The highest BCUT2D eigenvalue weighted by molar-refractivity contribution is 7.00. The molecule has 2 aromatic carbocycles. The fraction of sp³-hybridized carbons (Fsp3) is 0.261. The monoisotopic (exact) mass is 377 g/mol. The number of ether oxygens (including phenoxy) is 1. The van der Waals surface area contributed by atoms with Crippen molar-refractivity contribution in [3.05, 3.63) is 78.5 Å². The molecule has 0 aliphatic rings. The van der Waals surface area contributed by atoms with Crippen molar-refractivity contribution in [3.63, 3.8) is 0 Å². The summed E-state index contributed by atoms with van der Waals surface area (Å²) in [6.07, 6.45) is 0. The summed E-state index contributed by atoms with van der Waals surface area (Å²) < 4.78 is 12.3. The molecule has 0 aliphatic heterocycles. The van der Waals surface area contributed by atoms with Crippen LogP contribution in [0.25, 0.3) is 0 Å². The van der Waals surface area contributed by atoms with E-state index in [0.717, 1.165) is 11.4 Å². The van der Waals surface area contributed by atoms with Crippen LogP contribution >= 0.6 is 0 Å². The standard InChI is InChI=1S/C23H27NO2Si/c1-18-21(16-17-22(24-18)25-5)26-27(23(2,3)4,19-12-8-6-9-13-19)20-14-10-7-11-15-20/h6-17H,1-5H3. The summed E-state index contributed by atoms with van der Waals surface area (Å²) in [6, 6.07) is 25.1. The predicted molar refractivity (Wildman–Crippen MR) is 114 cm³/mol. The van der Waals surface area contributed by atoms with Crippen LogP contribution in [0.2, 0.25) is 5.04 Å². The second-order valence-electron chi connectivity index (χ2n) is 7.70. The Bertz CT molecular complexity index is 850. The Hall–Kier alpha value is -2.59. The lowest BCUT2D eigenvalue weighted by Crippen LogP contribution is -2.68. The van der Waals surface area contributed by atoms with Gasteiger partial charge in [-0.3, -0.25) is 0 Å². The Kier molecular flexibility index (Phi) is 5.37. The normalized spacial score (nSPS) is 11.9. The lowest BCUT2D eigenvalue weighted by molar-refractivity contribution is 0.394. The average molecular weight is 378 g/mol. The first-order valence-corrected chi connectivity index (χ1v) is 11.1. The van der Waals surface area contributed by atoms with Gasteiger partial charge in [-0.05, 0) is 28.4 Å². The molecule has 27 heavy (non-hydrogen) atoms. The van der Waals surface area contributed by atoms with E-state index in [-0.39, 0.29) is 5.04 Å². The number of nitrogens with zero attached hydrogens (tertiary/aromatic N) is 1. The maximum Gasteiger partial charge on any atom is 0.320 e. The largest absolute Gasteiger partial charge is 0.533 e. The van der Waals surface area contributed by atoms with Crippen molar-refractivity contribution in [2.45, 2.75) is 32.7 Å². The quantitative estimate of drug-likeness (QED) is 0.620. The van der Waals surface area contributed by atoms with E-state index < -0.39 is 8.32 Å². The number of hydrogen-bond donors (Lipinski definition) is 0. The van der Waals surface area contributed by atoms with Crippen LogP contribution in [-0.2, 0) is 0 Å². The minimum Gasteiger partial charge on any atom is -0.533 e. The van der Waals surface area contributed by atoms with Crippen molar-refractivity contribution >= 4 is 18.7 Å². The second kappa shape index (κ2) is 7.57. The molecule has 0 radical (unpaired) electrons. The highest BCUT2D eigenvalue weighted by atomic mass is 28.4. The minimum atomic E-state index is -2.63. The van der Waals surface area contributed by atoms with Crippen molar-refractivity contribution in [1.29, 1.82) is 0 Å². The van der Waals surface area contributed by atoms with E-state index in [1.54, 1.807) is 7.11 Å². The maximum absolute atomic E-state index is 6.99. The Balaban J connectivity index is 2.24. The van der Waals surface area contributed by atoms with Gasteiger partial charge in [-0.2, -0.15) is 0 Å². The third-order valence-corrected chi connectivity index (χ3v) is 9.83. The van der Waals surface area contributed by atoms with Gasteiger partial charge in [-0.15, -0.1) is 0 Å². The van der Waals surface area contributed by atoms with Gasteiger partial charge in [0.1, 0.15) is 5.75 Å². The smallest absolute Gasteiger partial charge is 0.320 e. The molecule has 0 atom stereocenters. The lowest BCUT2D eigenvalue weighted by Gasteiger charge is -2.43. The number of rotatable bonds is 5. The van der Waals surface area contributed by atoms with Gasteiger partial charge in [0, 0.05) is 6.07 Å². The topological polar surface area (TPSA) is 31.4 Å². The lowest BCUT2D eigenvalue weighted by atomic mass is 10.2. The Morgan fingerprint density at radius 2 is 1.30 bits per heavy atom. The molecule has 0 saturated carbocycles. The van der Waals surface area contributed by atoms with Crippen LogP contribution in [0.15, 0.2) is 72.8 Å². The fourth-order valence-electron chi connectivity index (χ4n) is 3.56. The SMILES string of the molecule is COc1ccc(O[Si](c2ccccc2)(c2ccccc2)C(C)(C)C)c(C)n1. The molecule has 0 N–H and O–H groups in total. The molecule has 0 fully saturated rings. The number of aryl methyl sites for hydroxylation is 1. The van der Waals surface area contributed by atoms with Crippen LogP contribution in [-0.4, -0.2) is 20.4 Å². The van der Waals surface area contributed by atoms with Gasteiger partial charge in [0.05, 0.1) is 12.8 Å². The molecular formula is C23H27NO2Si. The first-order valence-electron chi connectivity index (χ1n) is 9.20. The van der Waals surface area contributed by atoms with Crippen LogP contribution < -0.4 is 19.5 Å². The molecule has 0 saturated heterocycles. The van der Waals surface area contributed by atoms with Crippen LogP contribution in [0, 0.1) is 6.92 Å². The summed E-state index contributed by atoms with van der Waals surface area (Å²) in [5, 5.41) is 2.42. The summed E-state index contributed by atoms with van der Waals surface area (Å²) in [7, 11) is -1.00. The molecule has 4 heteroatoms. The molecule has 3 aromatic rings. The minimum absolute atomic E-state index is 0.0813. The van der Waals surface area contributed by atoms with Crippen LogP contribution in [0.1, 0.15) is 26.5 Å². The zero-order valence-corrected chi connectivity index (χ0v) is 17.7. The zero-order valence-electron chi connectivity index (χ0n) is 16.7. The summed E-state index contributed by atoms with van der Waals surface area (Å²) in [5.41, 5.74) is 0.835. The first-order chi connectivity index (χ1) is 12.9. The van der Waals surface area contributed by atoms with Gasteiger partial charge in [0.2, 0.25) is 5.88 Å². The molecule has 1 heterocycles. The average Bonchev–Trinajstić information content (AvgIpc) is 2.67. The van der Waals surface area contributed by atoms with Gasteiger partial charge in [0.25, 0.3) is 0 Å². The second-order valence-corrected chi connectivity index (χ2v) is 11.9. The van der Waals surface area contributed by atoms with Crippen LogP contribution in [0.3, 0.4) is 0 Å². The molecule has 3 rings (SSSR count). The van der Waals surface area contributed by atoms with Gasteiger partial charge < -0.3 is 9.16 Å². The van der Waals surface area contributed by atoms with Gasteiger partial charge in [0.15, 0.2) is 0 Å². The highest BCUT2D eigenvalue weighted by Crippen LogP contribution is 2.38. The molecule has 140 valence electrons. The van der Waals surface area contributed by atoms with Crippen molar-refractivity contribution in [3.8, 4) is 11.6 Å². The van der Waals surface area contributed by atoms with Gasteiger partial charge >= 0.3 is 8.32 Å². The van der Waals surface area contributed by atoms with Crippen LogP contribution in [0.5, 0.6) is 11.6 Å². The Morgan fingerprint density at radius 1 is 0.778 bits per heavy atom. The van der Waals surface area contributed by atoms with E-state index in [4.69, 9.17) is 9.16 Å². The van der Waals surface area contributed by atoms with Crippen LogP contribution in [0.4, 0.5) is 0 Å². The third-order valence-electron chi connectivity index (χ3n) is 4.90. The summed E-state index contributed by atoms with van der Waals surface area (Å²) >= 11 is 0. The summed E-state index contributed by atoms with van der Waals surface area (Å²) in [6.45, 7) is 8.78. The van der Waals surface area contributed by atoms with E-state index in [0.29, 0.717) is 5.88 Å². The third kappa shape index (κ3) is 3.62. The Labute approximate surface area is 163 Å². The molecule has 1 aromatic heterocycles. The highest BCUT2D eigenvalue weighted by Gasteiger charge is 2.52. The van der Waals surface area contributed by atoms with Gasteiger partial charge in [-0.25, -0.2) is 4.98 Å². The van der Waals surface area contributed by atoms with E-state index in [1.807, 2.05) is 19.1 Å². The maximum atomic E-state index is 6.99. The zero-order chi connectivity index (χ0) is 19.5. The van der Waals surface area contributed by atoms with Crippen molar-refractivity contribution < 1.29 is 9.16 Å². The van der Waals surface area contributed by atoms with Gasteiger partial charge in [-0.1, -0.05) is 81.4 Å². The van der Waals surface area contributed by atoms with E-state index in [9.17, 15) is 0 Å².